The molecule has 0 spiro atoms. The highest BCUT2D eigenvalue weighted by Crippen LogP contribution is 2.32. The lowest BCUT2D eigenvalue weighted by molar-refractivity contribution is 0.269. The SMILES string of the molecule is CCCc1c2nnc(C(C)C)c-2nc(Cl)n1NC(CO)c1ccccc1. The van der Waals surface area contributed by atoms with Crippen LogP contribution in [0.4, 0.5) is 0 Å². The minimum atomic E-state index is -0.305. The van der Waals surface area contributed by atoms with Crippen LogP contribution in [0.3, 0.4) is 0 Å². The molecule has 0 radical (unpaired) electrons. The molecule has 1 atom stereocenters. The second kappa shape index (κ2) is 8.01. The Morgan fingerprint density at radius 3 is 2.50 bits per heavy atom. The summed E-state index contributed by atoms with van der Waals surface area (Å²) in [5, 5.41) is 18.9. The molecule has 0 aromatic heterocycles. The van der Waals surface area contributed by atoms with Gasteiger partial charge in [0.05, 0.1) is 24.0 Å². The summed E-state index contributed by atoms with van der Waals surface area (Å²) in [7, 11) is 0. The van der Waals surface area contributed by atoms with Crippen LogP contribution in [-0.4, -0.2) is 31.6 Å². The molecule has 2 N–H and O–H groups in total. The van der Waals surface area contributed by atoms with E-state index >= 15 is 0 Å². The van der Waals surface area contributed by atoms with E-state index in [9.17, 15) is 5.11 Å². The molecule has 7 heteroatoms. The van der Waals surface area contributed by atoms with E-state index < -0.39 is 0 Å². The van der Waals surface area contributed by atoms with Gasteiger partial charge in [-0.05, 0) is 29.5 Å². The number of nitrogens with one attached hydrogen (secondary N) is 1. The Morgan fingerprint density at radius 1 is 1.15 bits per heavy atom. The lowest BCUT2D eigenvalue weighted by Gasteiger charge is -2.25. The Labute approximate surface area is 158 Å². The van der Waals surface area contributed by atoms with Gasteiger partial charge in [-0.15, -0.1) is 5.10 Å². The fourth-order valence-electron chi connectivity index (χ4n) is 3.03. The van der Waals surface area contributed by atoms with Crippen molar-refractivity contribution in [3.8, 4) is 11.4 Å². The first kappa shape index (κ1) is 18.6. The van der Waals surface area contributed by atoms with Crippen LogP contribution in [0.5, 0.6) is 0 Å². The predicted octanol–water partition coefficient (Wildman–Crippen LogP) is 3.78. The Bertz CT molecular complexity index is 834. The van der Waals surface area contributed by atoms with Crippen molar-refractivity contribution in [2.45, 2.75) is 45.6 Å². The molecule has 2 aliphatic rings. The maximum atomic E-state index is 9.88. The van der Waals surface area contributed by atoms with Gasteiger partial charge in [0, 0.05) is 0 Å². The van der Waals surface area contributed by atoms with Crippen molar-refractivity contribution in [1.82, 2.24) is 19.9 Å². The summed E-state index contributed by atoms with van der Waals surface area (Å²) < 4.78 is 1.74. The monoisotopic (exact) mass is 373 g/mol. The average molecular weight is 374 g/mol. The second-order valence-corrected chi connectivity index (χ2v) is 6.96. The van der Waals surface area contributed by atoms with Gasteiger partial charge in [0.15, 0.2) is 0 Å². The van der Waals surface area contributed by atoms with Gasteiger partial charge in [-0.25, -0.2) is 9.66 Å². The Hall–Kier alpha value is -2.18. The number of halogens is 1. The number of aromatic nitrogens is 4. The fraction of sp³-hybridized carbons (Fsp3) is 0.421. The number of fused-ring (bicyclic) bond motifs is 1. The highest BCUT2D eigenvalue weighted by Gasteiger charge is 2.26. The molecule has 1 aromatic rings. The molecule has 6 nitrogen and oxygen atoms in total. The maximum Gasteiger partial charge on any atom is 0.222 e. The third kappa shape index (κ3) is 3.52. The number of aliphatic hydroxyl groups is 1. The van der Waals surface area contributed by atoms with Gasteiger partial charge >= 0.3 is 0 Å². The van der Waals surface area contributed by atoms with Crippen molar-refractivity contribution >= 4 is 11.6 Å². The first-order valence-electron chi connectivity index (χ1n) is 8.92. The molecule has 0 fully saturated rings. The van der Waals surface area contributed by atoms with Crippen LogP contribution >= 0.6 is 11.6 Å². The molecule has 1 aromatic carbocycles. The van der Waals surface area contributed by atoms with E-state index in [0.717, 1.165) is 41.2 Å². The largest absolute Gasteiger partial charge is 0.394 e. The normalized spacial score (nSPS) is 12.7. The van der Waals surface area contributed by atoms with Gasteiger partial charge in [0.2, 0.25) is 5.28 Å². The zero-order valence-corrected chi connectivity index (χ0v) is 16.0. The van der Waals surface area contributed by atoms with Gasteiger partial charge in [0.1, 0.15) is 11.4 Å². The van der Waals surface area contributed by atoms with Gasteiger partial charge in [-0.1, -0.05) is 57.5 Å². The van der Waals surface area contributed by atoms with E-state index in [1.165, 1.54) is 0 Å². The summed E-state index contributed by atoms with van der Waals surface area (Å²) in [5.41, 5.74) is 7.57. The second-order valence-electron chi connectivity index (χ2n) is 6.63. The fourth-order valence-corrected chi connectivity index (χ4v) is 3.27. The van der Waals surface area contributed by atoms with E-state index in [1.54, 1.807) is 4.68 Å². The van der Waals surface area contributed by atoms with Crippen molar-refractivity contribution in [3.05, 3.63) is 52.6 Å². The van der Waals surface area contributed by atoms with Crippen LogP contribution in [-0.2, 0) is 6.42 Å². The highest BCUT2D eigenvalue weighted by atomic mass is 35.5. The number of nitrogens with zero attached hydrogens (tertiary/aromatic N) is 4. The van der Waals surface area contributed by atoms with E-state index in [4.69, 9.17) is 11.6 Å². The Kier molecular flexibility index (Phi) is 5.74. The zero-order chi connectivity index (χ0) is 18.7. The number of aliphatic hydroxyl groups excluding tert-OH is 1. The summed E-state index contributed by atoms with van der Waals surface area (Å²) >= 11 is 6.52. The van der Waals surface area contributed by atoms with E-state index in [0.29, 0.717) is 5.28 Å². The molecule has 2 heterocycles. The topological polar surface area (TPSA) is 75.9 Å². The molecule has 1 unspecified atom stereocenters. The molecule has 0 saturated carbocycles. The van der Waals surface area contributed by atoms with Crippen LogP contribution in [0.25, 0.3) is 11.4 Å². The van der Waals surface area contributed by atoms with Crippen LogP contribution in [0.1, 0.15) is 56.1 Å². The van der Waals surface area contributed by atoms with E-state index in [1.807, 2.05) is 30.3 Å². The quantitative estimate of drug-likeness (QED) is 0.616. The van der Waals surface area contributed by atoms with Crippen molar-refractivity contribution in [3.63, 3.8) is 0 Å². The summed E-state index contributed by atoms with van der Waals surface area (Å²) in [6.07, 6.45) is 1.70. The lowest BCUT2D eigenvalue weighted by Crippen LogP contribution is -2.28. The average Bonchev–Trinajstić information content (AvgIpc) is 3.06. The number of rotatable bonds is 7. The van der Waals surface area contributed by atoms with Crippen molar-refractivity contribution in [1.29, 1.82) is 0 Å². The van der Waals surface area contributed by atoms with Crippen LogP contribution in [0.2, 0.25) is 5.28 Å². The number of benzene rings is 1. The van der Waals surface area contributed by atoms with E-state index in [-0.39, 0.29) is 18.6 Å². The summed E-state index contributed by atoms with van der Waals surface area (Å²) in [6, 6.07) is 9.46. The van der Waals surface area contributed by atoms with E-state index in [2.05, 4.69) is 41.4 Å². The number of hydrogen-bond donors (Lipinski definition) is 2. The standard InChI is InChI=1S/C19H24ClN5O/c1-4-8-15-17-18(16(12(2)3)22-23-17)21-19(20)25(15)24-14(11-26)13-9-6-5-7-10-13/h5-7,9-10,12,14,24,26H,4,8,11H2,1-3H3. The van der Waals surface area contributed by atoms with Gasteiger partial charge in [0.25, 0.3) is 0 Å². The molecule has 26 heavy (non-hydrogen) atoms. The molecule has 0 bridgehead atoms. The molecule has 0 amide bonds. The zero-order valence-electron chi connectivity index (χ0n) is 15.3. The highest BCUT2D eigenvalue weighted by molar-refractivity contribution is 6.28. The van der Waals surface area contributed by atoms with Crippen molar-refractivity contribution < 1.29 is 5.11 Å². The molecule has 0 aliphatic carbocycles. The van der Waals surface area contributed by atoms with Gasteiger partial charge < -0.3 is 10.5 Å². The molecule has 0 saturated heterocycles. The Balaban J connectivity index is 2.08. The minimum Gasteiger partial charge on any atom is -0.394 e. The molecular weight excluding hydrogens is 350 g/mol. The Morgan fingerprint density at radius 2 is 1.88 bits per heavy atom. The third-order valence-corrected chi connectivity index (χ3v) is 4.61. The summed E-state index contributed by atoms with van der Waals surface area (Å²) in [6.45, 7) is 6.16. The van der Waals surface area contributed by atoms with Crippen molar-refractivity contribution in [2.24, 2.45) is 0 Å². The minimum absolute atomic E-state index is 0.0686. The molecule has 2 aliphatic heterocycles. The predicted molar refractivity (Wildman–Crippen MR) is 103 cm³/mol. The summed E-state index contributed by atoms with van der Waals surface area (Å²) in [5.74, 6) is 0.219. The van der Waals surface area contributed by atoms with Crippen molar-refractivity contribution in [2.75, 3.05) is 12.0 Å². The molecule has 3 rings (SSSR count). The lowest BCUT2D eigenvalue weighted by atomic mass is 10.0. The smallest absolute Gasteiger partial charge is 0.222 e. The first-order chi connectivity index (χ1) is 12.6. The molecular formula is C19H24ClN5O. The van der Waals surface area contributed by atoms with Crippen LogP contribution in [0.15, 0.2) is 30.3 Å². The number of hydrogen-bond acceptors (Lipinski definition) is 5. The maximum absolute atomic E-state index is 9.88. The molecule has 138 valence electrons. The summed E-state index contributed by atoms with van der Waals surface area (Å²) in [4.78, 5) is 4.54. The van der Waals surface area contributed by atoms with Crippen LogP contribution < -0.4 is 5.43 Å². The van der Waals surface area contributed by atoms with Crippen LogP contribution in [0, 0.1) is 0 Å². The van der Waals surface area contributed by atoms with Gasteiger partial charge in [-0.3, -0.25) is 0 Å². The third-order valence-electron chi connectivity index (χ3n) is 4.36. The van der Waals surface area contributed by atoms with Gasteiger partial charge in [-0.2, -0.15) is 5.10 Å². The first-order valence-corrected chi connectivity index (χ1v) is 9.30.